The minimum atomic E-state index is -0.000171. The molecular weight excluding hydrogens is 190 g/mol. The van der Waals surface area contributed by atoms with Crippen LogP contribution >= 0.6 is 0 Å². The van der Waals surface area contributed by atoms with Crippen LogP contribution in [-0.4, -0.2) is 42.0 Å². The van der Waals surface area contributed by atoms with E-state index in [0.29, 0.717) is 6.61 Å². The third-order valence-electron chi connectivity index (χ3n) is 2.77. The quantitative estimate of drug-likeness (QED) is 0.523. The van der Waals surface area contributed by atoms with Gasteiger partial charge in [0, 0.05) is 12.1 Å². The van der Waals surface area contributed by atoms with Gasteiger partial charge in [-0.2, -0.15) is 0 Å². The van der Waals surface area contributed by atoms with Crippen molar-refractivity contribution in [2.75, 3.05) is 13.2 Å². The number of nitrogens with zero attached hydrogens (tertiary/aromatic N) is 1. The second-order valence-corrected chi connectivity index (χ2v) is 5.01. The molecule has 1 saturated heterocycles. The molecule has 0 aliphatic carbocycles. The summed E-state index contributed by atoms with van der Waals surface area (Å²) in [5, 5.41) is 0. The van der Waals surface area contributed by atoms with E-state index in [0.717, 1.165) is 19.3 Å². The third kappa shape index (κ3) is 3.14. The highest BCUT2D eigenvalue weighted by Crippen LogP contribution is 2.26. The van der Waals surface area contributed by atoms with Crippen LogP contribution in [0.25, 0.3) is 0 Å². The Morgan fingerprint density at radius 2 is 2.20 bits per heavy atom. The van der Waals surface area contributed by atoms with Crippen LogP contribution in [0, 0.1) is 0 Å². The van der Waals surface area contributed by atoms with Gasteiger partial charge in [0.25, 0.3) is 0 Å². The Kier molecular flexibility index (Phi) is 4.05. The predicted molar refractivity (Wildman–Crippen MR) is 60.9 cm³/mol. The average Bonchev–Trinajstić information content (AvgIpc) is 2.57. The molecule has 0 radical (unpaired) electrons. The highest BCUT2D eigenvalue weighted by Gasteiger charge is 2.38. The van der Waals surface area contributed by atoms with Crippen molar-refractivity contribution in [2.24, 2.45) is 0 Å². The third-order valence-corrected chi connectivity index (χ3v) is 2.77. The SMILES string of the molecule is C=CCO[C@@H]1C[C@H](C=O)N(C(C)(C)C)C1. The summed E-state index contributed by atoms with van der Waals surface area (Å²) in [4.78, 5) is 13.2. The first-order valence-electron chi connectivity index (χ1n) is 5.43. The van der Waals surface area contributed by atoms with Crippen LogP contribution in [0.5, 0.6) is 0 Å². The highest BCUT2D eigenvalue weighted by molar-refractivity contribution is 5.58. The summed E-state index contributed by atoms with van der Waals surface area (Å²) in [5.41, 5.74) is 0.0257. The fraction of sp³-hybridized carbons (Fsp3) is 0.750. The van der Waals surface area contributed by atoms with Crippen LogP contribution in [0.2, 0.25) is 0 Å². The average molecular weight is 211 g/mol. The van der Waals surface area contributed by atoms with E-state index in [4.69, 9.17) is 4.74 Å². The van der Waals surface area contributed by atoms with Gasteiger partial charge in [0.1, 0.15) is 6.29 Å². The van der Waals surface area contributed by atoms with E-state index in [2.05, 4.69) is 32.3 Å². The van der Waals surface area contributed by atoms with Gasteiger partial charge in [0.2, 0.25) is 0 Å². The lowest BCUT2D eigenvalue weighted by atomic mass is 10.1. The predicted octanol–water partition coefficient (Wildman–Crippen LogP) is 1.63. The molecule has 0 amide bonds. The van der Waals surface area contributed by atoms with Crippen molar-refractivity contribution in [3.8, 4) is 0 Å². The number of rotatable bonds is 4. The van der Waals surface area contributed by atoms with E-state index in [1.54, 1.807) is 6.08 Å². The molecule has 0 bridgehead atoms. The molecule has 1 aliphatic rings. The van der Waals surface area contributed by atoms with Crippen molar-refractivity contribution in [2.45, 2.75) is 44.9 Å². The summed E-state index contributed by atoms with van der Waals surface area (Å²) in [7, 11) is 0. The Hall–Kier alpha value is -0.670. The Morgan fingerprint density at radius 3 is 2.60 bits per heavy atom. The molecule has 1 rings (SSSR count). The molecule has 15 heavy (non-hydrogen) atoms. The number of ether oxygens (including phenoxy) is 1. The lowest BCUT2D eigenvalue weighted by molar-refractivity contribution is -0.113. The molecule has 0 aromatic heterocycles. The smallest absolute Gasteiger partial charge is 0.137 e. The molecule has 3 nitrogen and oxygen atoms in total. The van der Waals surface area contributed by atoms with Crippen molar-refractivity contribution in [1.82, 2.24) is 4.90 Å². The molecule has 1 heterocycles. The zero-order chi connectivity index (χ0) is 11.5. The molecule has 0 unspecified atom stereocenters. The number of likely N-dealkylation sites (tertiary alicyclic amines) is 1. The van der Waals surface area contributed by atoms with E-state index in [9.17, 15) is 4.79 Å². The van der Waals surface area contributed by atoms with Gasteiger partial charge < -0.3 is 9.53 Å². The molecule has 0 spiro atoms. The maximum Gasteiger partial charge on any atom is 0.137 e. The lowest BCUT2D eigenvalue weighted by Gasteiger charge is -2.34. The van der Waals surface area contributed by atoms with Crippen LogP contribution in [0.15, 0.2) is 12.7 Å². The van der Waals surface area contributed by atoms with E-state index in [1.165, 1.54) is 0 Å². The first kappa shape index (κ1) is 12.4. The first-order chi connectivity index (χ1) is 6.99. The van der Waals surface area contributed by atoms with Crippen molar-refractivity contribution < 1.29 is 9.53 Å². The fourth-order valence-electron chi connectivity index (χ4n) is 2.05. The summed E-state index contributed by atoms with van der Waals surface area (Å²) in [5.74, 6) is 0. The van der Waals surface area contributed by atoms with Crippen LogP contribution in [0.4, 0.5) is 0 Å². The van der Waals surface area contributed by atoms with Gasteiger partial charge in [-0.1, -0.05) is 6.08 Å². The Balaban J connectivity index is 2.58. The molecule has 1 fully saturated rings. The standard InChI is InChI=1S/C12H21NO2/c1-5-6-15-11-7-10(9-14)13(8-11)12(2,3)4/h5,9-11H,1,6-8H2,2-4H3/t10-,11-/m1/s1. The number of carbonyl (C=O) groups excluding carboxylic acids is 1. The molecule has 3 heteroatoms. The zero-order valence-electron chi connectivity index (χ0n) is 9.90. The summed E-state index contributed by atoms with van der Waals surface area (Å²) in [6.45, 7) is 11.4. The zero-order valence-corrected chi connectivity index (χ0v) is 9.90. The minimum Gasteiger partial charge on any atom is -0.373 e. The molecule has 0 aromatic rings. The van der Waals surface area contributed by atoms with Gasteiger partial charge in [-0.25, -0.2) is 0 Å². The number of hydrogen-bond acceptors (Lipinski definition) is 3. The molecule has 1 aliphatic heterocycles. The molecule has 2 atom stereocenters. The Morgan fingerprint density at radius 1 is 1.53 bits per heavy atom. The van der Waals surface area contributed by atoms with Gasteiger partial charge >= 0.3 is 0 Å². The van der Waals surface area contributed by atoms with Crippen molar-refractivity contribution in [1.29, 1.82) is 0 Å². The van der Waals surface area contributed by atoms with Gasteiger partial charge in [-0.15, -0.1) is 6.58 Å². The number of carbonyl (C=O) groups is 1. The van der Waals surface area contributed by atoms with Gasteiger partial charge in [0.05, 0.1) is 18.8 Å². The van der Waals surface area contributed by atoms with Crippen molar-refractivity contribution in [3.05, 3.63) is 12.7 Å². The molecule has 86 valence electrons. The highest BCUT2D eigenvalue weighted by atomic mass is 16.5. The molecule has 0 aromatic carbocycles. The molecular formula is C12H21NO2. The fourth-order valence-corrected chi connectivity index (χ4v) is 2.05. The summed E-state index contributed by atoms with van der Waals surface area (Å²) < 4.78 is 5.59. The Bertz CT molecular complexity index is 232. The van der Waals surface area contributed by atoms with Crippen LogP contribution in [0.1, 0.15) is 27.2 Å². The van der Waals surface area contributed by atoms with E-state index >= 15 is 0 Å². The molecule has 0 saturated carbocycles. The van der Waals surface area contributed by atoms with Crippen LogP contribution in [0.3, 0.4) is 0 Å². The monoisotopic (exact) mass is 211 g/mol. The second-order valence-electron chi connectivity index (χ2n) is 5.01. The van der Waals surface area contributed by atoms with E-state index < -0.39 is 0 Å². The van der Waals surface area contributed by atoms with Gasteiger partial charge in [0.15, 0.2) is 0 Å². The van der Waals surface area contributed by atoms with Crippen molar-refractivity contribution >= 4 is 6.29 Å². The topological polar surface area (TPSA) is 29.5 Å². The van der Waals surface area contributed by atoms with Gasteiger partial charge in [-0.05, 0) is 27.2 Å². The van der Waals surface area contributed by atoms with Crippen molar-refractivity contribution in [3.63, 3.8) is 0 Å². The summed E-state index contributed by atoms with van der Waals surface area (Å²) >= 11 is 0. The summed E-state index contributed by atoms with van der Waals surface area (Å²) in [6, 6.07) is -0.000171. The lowest BCUT2D eigenvalue weighted by Crippen LogP contribution is -2.45. The molecule has 0 N–H and O–H groups in total. The Labute approximate surface area is 92.1 Å². The summed E-state index contributed by atoms with van der Waals surface area (Å²) in [6.07, 6.45) is 3.74. The normalized spacial score (nSPS) is 27.9. The second kappa shape index (κ2) is 4.90. The number of aldehydes is 1. The van der Waals surface area contributed by atoms with Crippen LogP contribution < -0.4 is 0 Å². The van der Waals surface area contributed by atoms with E-state index in [-0.39, 0.29) is 17.7 Å². The van der Waals surface area contributed by atoms with Gasteiger partial charge in [-0.3, -0.25) is 4.90 Å². The largest absolute Gasteiger partial charge is 0.373 e. The first-order valence-corrected chi connectivity index (χ1v) is 5.43. The van der Waals surface area contributed by atoms with Crippen LogP contribution in [-0.2, 0) is 9.53 Å². The number of hydrogen-bond donors (Lipinski definition) is 0. The van der Waals surface area contributed by atoms with E-state index in [1.807, 2.05) is 0 Å². The minimum absolute atomic E-state index is 0.000171. The maximum atomic E-state index is 11.0. The maximum absolute atomic E-state index is 11.0.